The molecule has 14 heteroatoms. The van der Waals surface area contributed by atoms with Gasteiger partial charge >= 0.3 is 7.82 Å². The van der Waals surface area contributed by atoms with Crippen molar-refractivity contribution in [1.29, 1.82) is 0 Å². The normalized spacial score (nSPS) is 14.2. The molecule has 0 saturated heterocycles. The number of hydrogen-bond donors (Lipinski definition) is 5. The van der Waals surface area contributed by atoms with E-state index in [-0.39, 0.29) is 62.5 Å². The SMILES string of the molecule is C=CCOP(=O)(OCCNC(=O)[C@@H](NC(=O)Cc1c[nH]c2ccccc12)[C@@H](C)CC)OC[C@H](NC(=O)CCCCCCCCCCC)C(=O)CCCC(O)CCCCCCCCCCCCC. The van der Waals surface area contributed by atoms with Gasteiger partial charge in [0.15, 0.2) is 5.78 Å². The molecule has 13 nitrogen and oxygen atoms in total. The predicted molar refractivity (Wildman–Crippen MR) is 272 cm³/mol. The largest absolute Gasteiger partial charge is 0.475 e. The minimum atomic E-state index is -4.31. The van der Waals surface area contributed by atoms with Crippen LogP contribution >= 0.6 is 7.82 Å². The van der Waals surface area contributed by atoms with Crippen molar-refractivity contribution in [2.24, 2.45) is 5.92 Å². The van der Waals surface area contributed by atoms with Gasteiger partial charge in [-0.3, -0.25) is 32.7 Å². The maximum Gasteiger partial charge on any atom is 0.475 e. The van der Waals surface area contributed by atoms with Crippen molar-refractivity contribution in [3.8, 4) is 0 Å². The molecule has 3 amide bonds. The summed E-state index contributed by atoms with van der Waals surface area (Å²) in [5.41, 5.74) is 1.75. The average Bonchev–Trinajstić information content (AvgIpc) is 3.73. The molecule has 5 N–H and O–H groups in total. The number of aromatic amines is 1. The van der Waals surface area contributed by atoms with Gasteiger partial charge in [0.25, 0.3) is 0 Å². The molecule has 0 aliphatic heterocycles. The lowest BCUT2D eigenvalue weighted by Crippen LogP contribution is -2.51. The van der Waals surface area contributed by atoms with Gasteiger partial charge in [-0.1, -0.05) is 180 Å². The van der Waals surface area contributed by atoms with Crippen molar-refractivity contribution in [3.05, 3.63) is 48.7 Å². The lowest BCUT2D eigenvalue weighted by Gasteiger charge is -2.24. The zero-order valence-electron chi connectivity index (χ0n) is 42.1. The summed E-state index contributed by atoms with van der Waals surface area (Å²) >= 11 is 0. The minimum absolute atomic E-state index is 0.0752. The van der Waals surface area contributed by atoms with Crippen LogP contribution in [0.15, 0.2) is 43.1 Å². The summed E-state index contributed by atoms with van der Waals surface area (Å²) in [5.74, 6) is -1.49. The number of aliphatic hydroxyl groups excluding tert-OH is 1. The van der Waals surface area contributed by atoms with Crippen LogP contribution in [0, 0.1) is 5.92 Å². The Hall–Kier alpha value is -3.35. The molecule has 5 atom stereocenters. The zero-order valence-corrected chi connectivity index (χ0v) is 43.0. The zero-order chi connectivity index (χ0) is 49.0. The number of fused-ring (bicyclic) bond motifs is 1. The van der Waals surface area contributed by atoms with E-state index in [2.05, 4.69) is 41.4 Å². The highest BCUT2D eigenvalue weighted by Gasteiger charge is 2.31. The molecule has 0 bridgehead atoms. The molecule has 2 aromatic rings. The smallest absolute Gasteiger partial charge is 0.393 e. The van der Waals surface area contributed by atoms with Gasteiger partial charge in [0.2, 0.25) is 17.7 Å². The van der Waals surface area contributed by atoms with Crippen LogP contribution < -0.4 is 16.0 Å². The van der Waals surface area contributed by atoms with Crippen LogP contribution in [0.2, 0.25) is 0 Å². The van der Waals surface area contributed by atoms with Crippen molar-refractivity contribution in [2.45, 2.75) is 219 Å². The van der Waals surface area contributed by atoms with E-state index in [1.54, 1.807) is 6.20 Å². The fraction of sp³-hybridized carbons (Fsp3) is 0.736. The summed E-state index contributed by atoms with van der Waals surface area (Å²) < 4.78 is 30.7. The second-order valence-electron chi connectivity index (χ2n) is 18.5. The van der Waals surface area contributed by atoms with Crippen molar-refractivity contribution >= 4 is 42.2 Å². The number of phosphoric ester groups is 1. The molecule has 0 spiro atoms. The number of aromatic nitrogens is 1. The number of unbranched alkanes of at least 4 members (excludes halogenated alkanes) is 18. The van der Waals surface area contributed by atoms with Crippen LogP contribution in [-0.2, 0) is 43.7 Å². The van der Waals surface area contributed by atoms with Crippen molar-refractivity contribution in [1.82, 2.24) is 20.9 Å². The van der Waals surface area contributed by atoms with Gasteiger partial charge in [-0.05, 0) is 43.2 Å². The first kappa shape index (κ1) is 59.8. The van der Waals surface area contributed by atoms with E-state index in [1.165, 1.54) is 96.0 Å². The predicted octanol–water partition coefficient (Wildman–Crippen LogP) is 11.9. The van der Waals surface area contributed by atoms with Crippen molar-refractivity contribution < 1.29 is 42.4 Å². The number of nitrogens with one attached hydrogen (secondary N) is 4. The van der Waals surface area contributed by atoms with E-state index >= 15 is 0 Å². The lowest BCUT2D eigenvalue weighted by atomic mass is 9.98. The first-order valence-corrected chi connectivity index (χ1v) is 27.7. The summed E-state index contributed by atoms with van der Waals surface area (Å²) in [7, 11) is -4.31. The Bertz CT molecular complexity index is 1700. The Morgan fingerprint density at radius 1 is 0.731 bits per heavy atom. The first-order valence-electron chi connectivity index (χ1n) is 26.2. The van der Waals surface area contributed by atoms with Crippen LogP contribution in [0.25, 0.3) is 10.9 Å². The summed E-state index contributed by atoms with van der Waals surface area (Å²) in [4.78, 5) is 56.5. The molecule has 2 unspecified atom stereocenters. The summed E-state index contributed by atoms with van der Waals surface area (Å²) in [6.45, 7) is 10.9. The maximum atomic E-state index is 13.9. The number of hydrogen-bond acceptors (Lipinski definition) is 9. The quantitative estimate of drug-likeness (QED) is 0.0245. The van der Waals surface area contributed by atoms with Gasteiger partial charge in [-0.15, -0.1) is 6.58 Å². The Balaban J connectivity index is 1.93. The Morgan fingerprint density at radius 3 is 1.93 bits per heavy atom. The van der Waals surface area contributed by atoms with Crippen LogP contribution in [-0.4, -0.2) is 78.1 Å². The van der Waals surface area contributed by atoms with Crippen LogP contribution in [0.4, 0.5) is 0 Å². The third-order valence-corrected chi connectivity index (χ3v) is 14.0. The monoisotopic (exact) mass is 959 g/mol. The maximum absolute atomic E-state index is 13.9. The third-order valence-electron chi connectivity index (χ3n) is 12.6. The molecule has 67 heavy (non-hydrogen) atoms. The topological polar surface area (TPSA) is 185 Å². The molecule has 1 aromatic heterocycles. The average molecular weight is 959 g/mol. The van der Waals surface area contributed by atoms with E-state index in [4.69, 9.17) is 13.6 Å². The van der Waals surface area contributed by atoms with E-state index in [0.717, 1.165) is 48.6 Å². The molecule has 0 radical (unpaired) electrons. The second-order valence-corrected chi connectivity index (χ2v) is 20.1. The van der Waals surface area contributed by atoms with Crippen LogP contribution in [0.1, 0.15) is 200 Å². The highest BCUT2D eigenvalue weighted by molar-refractivity contribution is 7.48. The molecule has 0 aliphatic carbocycles. The van der Waals surface area contributed by atoms with Gasteiger partial charge in [0, 0.05) is 36.5 Å². The number of rotatable bonds is 44. The van der Waals surface area contributed by atoms with Gasteiger partial charge in [-0.25, -0.2) is 4.57 Å². The van der Waals surface area contributed by atoms with Crippen LogP contribution in [0.3, 0.4) is 0 Å². The Kier molecular flexibility index (Phi) is 33.5. The first-order chi connectivity index (χ1) is 32.5. The molecule has 0 fully saturated rings. The number of amides is 3. The molecule has 2 rings (SSSR count). The molecular formula is C53H91N4O9P. The van der Waals surface area contributed by atoms with Crippen molar-refractivity contribution in [2.75, 3.05) is 26.4 Å². The number of aliphatic hydroxyl groups is 1. The second kappa shape index (κ2) is 37.5. The number of benzene rings is 1. The molecule has 382 valence electrons. The van der Waals surface area contributed by atoms with E-state index in [0.29, 0.717) is 32.1 Å². The number of carbonyl (C=O) groups excluding carboxylic acids is 4. The fourth-order valence-corrected chi connectivity index (χ4v) is 9.35. The summed E-state index contributed by atoms with van der Waals surface area (Å²) in [6, 6.07) is 5.77. The number of phosphoric acid groups is 1. The number of H-pyrrole nitrogens is 1. The van der Waals surface area contributed by atoms with E-state index in [9.17, 15) is 28.8 Å². The highest BCUT2D eigenvalue weighted by atomic mass is 31.2. The molecule has 0 aliphatic rings. The molecule has 0 saturated carbocycles. The third kappa shape index (κ3) is 27.4. The van der Waals surface area contributed by atoms with E-state index < -0.39 is 38.5 Å². The van der Waals surface area contributed by atoms with Gasteiger partial charge in [-0.2, -0.15) is 0 Å². The minimum Gasteiger partial charge on any atom is -0.393 e. The van der Waals surface area contributed by atoms with Gasteiger partial charge < -0.3 is 26.0 Å². The number of para-hydroxylation sites is 1. The van der Waals surface area contributed by atoms with E-state index in [1.807, 2.05) is 38.1 Å². The van der Waals surface area contributed by atoms with Gasteiger partial charge in [0.05, 0.1) is 32.3 Å². The summed E-state index contributed by atoms with van der Waals surface area (Å²) in [6.07, 6.45) is 28.9. The van der Waals surface area contributed by atoms with Crippen molar-refractivity contribution in [3.63, 3.8) is 0 Å². The summed E-state index contributed by atoms with van der Waals surface area (Å²) in [5, 5.41) is 20.1. The molecule has 1 aromatic carbocycles. The number of carbonyl (C=O) groups is 4. The standard InChI is InChI=1S/C53H91N4O9P/c1-6-10-12-14-16-18-19-21-22-24-26-31-45(58)32-30-35-49(59)48(56-50(60)36-27-25-23-20-17-15-13-11-7-2)42-66-67(63,64-38-8-3)65-39-37-54-53(62)52(43(5)9-4)57-51(61)40-44-41-55-47-34-29-28-33-46(44)47/h8,28-29,33-34,41,43,45,48,52,55,58H,3,6-7,9-27,30-32,35-40,42H2,1-2,4-5H3,(H,54,62)(H,56,60)(H,57,61)/t43-,45?,48-,52-,67?/m0/s1. The Morgan fingerprint density at radius 2 is 1.31 bits per heavy atom. The van der Waals surface area contributed by atoms with Crippen LogP contribution in [0.5, 0.6) is 0 Å². The van der Waals surface area contributed by atoms with Gasteiger partial charge in [0.1, 0.15) is 12.1 Å². The Labute approximate surface area is 404 Å². The lowest BCUT2D eigenvalue weighted by molar-refractivity contribution is -0.130. The molecular weight excluding hydrogens is 868 g/mol. The number of ketones is 1. The number of Topliss-reactive ketones (excluding diaryl/α,β-unsaturated/α-hetero) is 1. The molecule has 1 heterocycles. The fourth-order valence-electron chi connectivity index (χ4n) is 8.19. The highest BCUT2D eigenvalue weighted by Crippen LogP contribution is 2.49.